The molecule has 36 heavy (non-hydrogen) atoms. The van der Waals surface area contributed by atoms with E-state index in [2.05, 4.69) is 33.4 Å². The summed E-state index contributed by atoms with van der Waals surface area (Å²) in [6.07, 6.45) is 3.93. The summed E-state index contributed by atoms with van der Waals surface area (Å²) < 4.78 is 1.77. The van der Waals surface area contributed by atoms with Gasteiger partial charge in [0.15, 0.2) is 0 Å². The number of hydrogen-bond donors (Lipinski definition) is 1. The highest BCUT2D eigenvalue weighted by atomic mass is 16.2. The number of aromatic nitrogens is 4. The van der Waals surface area contributed by atoms with Crippen LogP contribution in [0.15, 0.2) is 54.6 Å². The highest BCUT2D eigenvalue weighted by Gasteiger charge is 2.25. The van der Waals surface area contributed by atoms with Crippen LogP contribution in [0, 0.1) is 0 Å². The van der Waals surface area contributed by atoms with Crippen molar-refractivity contribution >= 4 is 39.6 Å². The molecule has 1 fully saturated rings. The van der Waals surface area contributed by atoms with Crippen LogP contribution >= 0.6 is 0 Å². The van der Waals surface area contributed by atoms with Crippen molar-refractivity contribution in [2.75, 3.05) is 25.0 Å². The fourth-order valence-electron chi connectivity index (χ4n) is 4.91. The number of piperidine rings is 1. The number of benzene rings is 2. The molecule has 0 aliphatic carbocycles. The Morgan fingerprint density at radius 2 is 1.83 bits per heavy atom. The second-order valence-corrected chi connectivity index (χ2v) is 9.42. The van der Waals surface area contributed by atoms with E-state index < -0.39 is 5.91 Å². The maximum Gasteiger partial charge on any atom is 0.248 e. The lowest BCUT2D eigenvalue weighted by Crippen LogP contribution is -2.45. The predicted octanol–water partition coefficient (Wildman–Crippen LogP) is 3.38. The second kappa shape index (κ2) is 10.3. The molecule has 4 aromatic rings. The van der Waals surface area contributed by atoms with Crippen molar-refractivity contribution in [1.82, 2.24) is 24.9 Å². The van der Waals surface area contributed by atoms with Gasteiger partial charge in [0.05, 0.1) is 11.0 Å². The zero-order valence-corrected chi connectivity index (χ0v) is 20.5. The lowest BCUT2D eigenvalue weighted by Gasteiger charge is -2.37. The van der Waals surface area contributed by atoms with Crippen molar-refractivity contribution in [2.24, 2.45) is 5.73 Å². The molecule has 2 amide bonds. The molecule has 3 heterocycles. The number of para-hydroxylation sites is 1. The smallest absolute Gasteiger partial charge is 0.248 e. The van der Waals surface area contributed by atoms with Gasteiger partial charge in [0.2, 0.25) is 11.8 Å². The van der Waals surface area contributed by atoms with Gasteiger partial charge in [0.25, 0.3) is 0 Å². The Morgan fingerprint density at radius 3 is 2.64 bits per heavy atom. The lowest BCUT2D eigenvalue weighted by atomic mass is 10.0. The number of amides is 2. The number of carbonyl (C=O) groups is 2. The zero-order valence-electron chi connectivity index (χ0n) is 20.5. The number of primary amides is 1. The Balaban J connectivity index is 1.09. The van der Waals surface area contributed by atoms with E-state index in [0.29, 0.717) is 18.5 Å². The van der Waals surface area contributed by atoms with Gasteiger partial charge in [-0.05, 0) is 62.1 Å². The number of pyridine rings is 1. The van der Waals surface area contributed by atoms with Crippen molar-refractivity contribution in [3.05, 3.63) is 60.2 Å². The number of unbranched alkanes of at least 4 members (excludes halogenated alkanes) is 1. The van der Waals surface area contributed by atoms with Crippen molar-refractivity contribution in [1.29, 1.82) is 0 Å². The monoisotopic (exact) mass is 485 g/mol. The number of nitrogens with two attached hydrogens (primary N) is 1. The van der Waals surface area contributed by atoms with E-state index in [1.165, 1.54) is 0 Å². The topological polar surface area (TPSA) is 110 Å². The molecule has 0 atom stereocenters. The summed E-state index contributed by atoms with van der Waals surface area (Å²) in [7, 11) is 1.92. The van der Waals surface area contributed by atoms with E-state index in [-0.39, 0.29) is 11.9 Å². The molecule has 0 radical (unpaired) electrons. The molecular weight excluding hydrogens is 454 g/mol. The summed E-state index contributed by atoms with van der Waals surface area (Å²) in [5.41, 5.74) is 8.34. The van der Waals surface area contributed by atoms with Gasteiger partial charge in [-0.25, -0.2) is 9.67 Å². The van der Waals surface area contributed by atoms with Gasteiger partial charge in [-0.3, -0.25) is 9.59 Å². The molecule has 1 saturated heterocycles. The first-order valence-electron chi connectivity index (χ1n) is 12.5. The van der Waals surface area contributed by atoms with E-state index in [1.54, 1.807) is 22.9 Å². The predicted molar refractivity (Wildman–Crippen MR) is 140 cm³/mol. The van der Waals surface area contributed by atoms with Gasteiger partial charge in [-0.2, -0.15) is 0 Å². The molecule has 5 rings (SSSR count). The molecule has 1 aliphatic heterocycles. The maximum absolute atomic E-state index is 12.8. The van der Waals surface area contributed by atoms with Crippen molar-refractivity contribution in [3.8, 4) is 0 Å². The fourth-order valence-corrected chi connectivity index (χ4v) is 4.91. The van der Waals surface area contributed by atoms with E-state index in [1.807, 2.05) is 30.1 Å². The Bertz CT molecular complexity index is 1390. The molecule has 9 nitrogen and oxygen atoms in total. The first-order valence-corrected chi connectivity index (χ1v) is 12.5. The van der Waals surface area contributed by atoms with Gasteiger partial charge >= 0.3 is 0 Å². The third-order valence-corrected chi connectivity index (χ3v) is 7.12. The number of anilines is 1. The molecule has 9 heteroatoms. The molecule has 0 spiro atoms. The van der Waals surface area contributed by atoms with Gasteiger partial charge in [-0.15, -0.1) is 5.10 Å². The minimum atomic E-state index is -0.474. The molecule has 2 aromatic carbocycles. The van der Waals surface area contributed by atoms with Crippen LogP contribution in [-0.2, 0) is 11.3 Å². The molecule has 0 unspecified atom stereocenters. The van der Waals surface area contributed by atoms with E-state index >= 15 is 0 Å². The fraction of sp³-hybridized carbons (Fsp3) is 0.370. The minimum Gasteiger partial charge on any atom is -0.366 e. The van der Waals surface area contributed by atoms with Crippen LogP contribution < -0.4 is 10.6 Å². The van der Waals surface area contributed by atoms with E-state index in [0.717, 1.165) is 66.5 Å². The summed E-state index contributed by atoms with van der Waals surface area (Å²) in [5.74, 6) is 0.708. The molecule has 2 aromatic heterocycles. The number of nitrogens with zero attached hydrogens (tertiary/aromatic N) is 6. The van der Waals surface area contributed by atoms with E-state index in [4.69, 9.17) is 10.7 Å². The van der Waals surface area contributed by atoms with Crippen molar-refractivity contribution < 1.29 is 9.59 Å². The maximum atomic E-state index is 12.8. The average molecular weight is 486 g/mol. The minimum absolute atomic E-state index is 0.178. The van der Waals surface area contributed by atoms with Gasteiger partial charge in [-0.1, -0.05) is 23.4 Å². The standard InChI is InChI=1S/C27H31N7O2/c1-32(21-13-16-33(17-14-21)25-12-10-19-6-2-3-7-22(19)29-25)26(35)8-4-5-15-34-24-18-20(27(28)36)9-11-23(24)30-31-34/h2-3,6-7,9-12,18,21H,4-5,8,13-17H2,1H3,(H2,28,36). The summed E-state index contributed by atoms with van der Waals surface area (Å²) in [6.45, 7) is 2.41. The second-order valence-electron chi connectivity index (χ2n) is 9.42. The summed E-state index contributed by atoms with van der Waals surface area (Å²) >= 11 is 0. The average Bonchev–Trinajstić information content (AvgIpc) is 3.32. The Kier molecular flexibility index (Phi) is 6.79. The Hall–Kier alpha value is -4.01. The van der Waals surface area contributed by atoms with Crippen LogP contribution in [0.1, 0.15) is 42.5 Å². The first kappa shape index (κ1) is 23.7. The molecule has 0 saturated carbocycles. The zero-order chi connectivity index (χ0) is 25.1. The molecule has 0 bridgehead atoms. The van der Waals surface area contributed by atoms with Gasteiger partial charge in [0.1, 0.15) is 11.3 Å². The third-order valence-electron chi connectivity index (χ3n) is 7.12. The lowest BCUT2D eigenvalue weighted by molar-refractivity contribution is -0.132. The van der Waals surface area contributed by atoms with Crippen LogP contribution in [-0.4, -0.2) is 62.9 Å². The van der Waals surface area contributed by atoms with Gasteiger partial charge in [0, 0.05) is 50.1 Å². The molecule has 1 aliphatic rings. The Morgan fingerprint density at radius 1 is 1.03 bits per heavy atom. The SMILES string of the molecule is CN(C(=O)CCCCn1nnc2ccc(C(N)=O)cc21)C1CCN(c2ccc3ccccc3n2)CC1. The number of fused-ring (bicyclic) bond motifs is 2. The number of aryl methyl sites for hydroxylation is 1. The third kappa shape index (κ3) is 5.00. The molecular formula is C27H31N7O2. The van der Waals surface area contributed by atoms with Crippen LogP contribution in [0.4, 0.5) is 5.82 Å². The summed E-state index contributed by atoms with van der Waals surface area (Å²) in [4.78, 5) is 33.4. The number of carbonyl (C=O) groups excluding carboxylic acids is 2. The van der Waals surface area contributed by atoms with Crippen LogP contribution in [0.3, 0.4) is 0 Å². The molecule has 2 N–H and O–H groups in total. The normalized spacial score (nSPS) is 14.4. The quantitative estimate of drug-likeness (QED) is 0.383. The van der Waals surface area contributed by atoms with Crippen molar-refractivity contribution in [3.63, 3.8) is 0 Å². The van der Waals surface area contributed by atoms with Gasteiger partial charge < -0.3 is 15.5 Å². The molecule has 186 valence electrons. The van der Waals surface area contributed by atoms with E-state index in [9.17, 15) is 9.59 Å². The number of hydrogen-bond acceptors (Lipinski definition) is 6. The highest BCUT2D eigenvalue weighted by molar-refractivity contribution is 5.96. The summed E-state index contributed by atoms with van der Waals surface area (Å²) in [5, 5.41) is 9.47. The number of rotatable bonds is 8. The van der Waals surface area contributed by atoms with Crippen LogP contribution in [0.2, 0.25) is 0 Å². The van der Waals surface area contributed by atoms with Crippen molar-refractivity contribution in [2.45, 2.75) is 44.7 Å². The van der Waals surface area contributed by atoms with Crippen LogP contribution in [0.25, 0.3) is 21.9 Å². The largest absolute Gasteiger partial charge is 0.366 e. The first-order chi connectivity index (χ1) is 17.5. The Labute approximate surface area is 209 Å². The summed E-state index contributed by atoms with van der Waals surface area (Å²) in [6, 6.07) is 17.7. The van der Waals surface area contributed by atoms with Crippen LogP contribution in [0.5, 0.6) is 0 Å². The highest BCUT2D eigenvalue weighted by Crippen LogP contribution is 2.24.